The first-order valence-electron chi connectivity index (χ1n) is 5.86. The van der Waals surface area contributed by atoms with E-state index in [-0.39, 0.29) is 0 Å². The molecule has 0 saturated heterocycles. The lowest BCUT2D eigenvalue weighted by Crippen LogP contribution is -2.11. The molecular formula is C14H13N3O. The topological polar surface area (TPSA) is 50.9 Å². The van der Waals surface area contributed by atoms with Crippen molar-refractivity contribution in [3.05, 3.63) is 60.2 Å². The second-order valence-electron chi connectivity index (χ2n) is 4.17. The summed E-state index contributed by atoms with van der Waals surface area (Å²) in [4.78, 5) is 1.54. The zero-order chi connectivity index (χ0) is 12.4. The van der Waals surface area contributed by atoms with Crippen molar-refractivity contribution in [1.82, 2.24) is 15.0 Å². The van der Waals surface area contributed by atoms with Crippen LogP contribution in [-0.2, 0) is 6.54 Å². The fourth-order valence-electron chi connectivity index (χ4n) is 1.92. The molecule has 90 valence electrons. The van der Waals surface area contributed by atoms with Gasteiger partial charge >= 0.3 is 0 Å². The minimum Gasteiger partial charge on any atom is -0.386 e. The highest BCUT2D eigenvalue weighted by atomic mass is 16.3. The van der Waals surface area contributed by atoms with Crippen LogP contribution in [0.2, 0.25) is 0 Å². The molecule has 0 radical (unpaired) electrons. The van der Waals surface area contributed by atoms with E-state index < -0.39 is 6.10 Å². The molecule has 1 N–H and O–H groups in total. The lowest BCUT2D eigenvalue weighted by atomic mass is 10.1. The van der Waals surface area contributed by atoms with Crippen LogP contribution in [0.1, 0.15) is 11.7 Å². The number of aromatic nitrogens is 3. The molecule has 3 rings (SSSR count). The molecule has 3 aromatic rings. The average Bonchev–Trinajstić information content (AvgIpc) is 2.82. The van der Waals surface area contributed by atoms with Gasteiger partial charge in [0.05, 0.1) is 6.54 Å². The fraction of sp³-hybridized carbons (Fsp3) is 0.143. The minimum absolute atomic E-state index is 0.360. The van der Waals surface area contributed by atoms with E-state index in [0.717, 1.165) is 16.6 Å². The Morgan fingerprint density at radius 2 is 1.44 bits per heavy atom. The van der Waals surface area contributed by atoms with Crippen LogP contribution in [0.25, 0.3) is 11.0 Å². The van der Waals surface area contributed by atoms with Crippen molar-refractivity contribution in [1.29, 1.82) is 0 Å². The van der Waals surface area contributed by atoms with Gasteiger partial charge in [0.2, 0.25) is 0 Å². The molecule has 0 unspecified atom stereocenters. The Balaban J connectivity index is 1.84. The number of aliphatic hydroxyl groups is 1. The third-order valence-electron chi connectivity index (χ3n) is 2.85. The summed E-state index contributed by atoms with van der Waals surface area (Å²) in [5.41, 5.74) is 2.56. The van der Waals surface area contributed by atoms with Crippen molar-refractivity contribution in [2.45, 2.75) is 12.6 Å². The van der Waals surface area contributed by atoms with E-state index >= 15 is 0 Å². The third-order valence-corrected chi connectivity index (χ3v) is 2.85. The predicted molar refractivity (Wildman–Crippen MR) is 68.9 cm³/mol. The van der Waals surface area contributed by atoms with E-state index in [4.69, 9.17) is 0 Å². The van der Waals surface area contributed by atoms with Crippen LogP contribution in [-0.4, -0.2) is 20.1 Å². The number of hydrogen-bond donors (Lipinski definition) is 1. The molecule has 1 atom stereocenters. The van der Waals surface area contributed by atoms with Gasteiger partial charge in [0.15, 0.2) is 0 Å². The van der Waals surface area contributed by atoms with Crippen molar-refractivity contribution in [3.8, 4) is 0 Å². The fourth-order valence-corrected chi connectivity index (χ4v) is 1.92. The van der Waals surface area contributed by atoms with E-state index in [1.807, 2.05) is 54.6 Å². The highest BCUT2D eigenvalue weighted by Gasteiger charge is 2.10. The Hall–Kier alpha value is -2.20. The zero-order valence-corrected chi connectivity index (χ0v) is 9.77. The van der Waals surface area contributed by atoms with Gasteiger partial charge in [-0.25, -0.2) is 0 Å². The first-order chi connectivity index (χ1) is 8.83. The van der Waals surface area contributed by atoms with Crippen LogP contribution in [0.3, 0.4) is 0 Å². The van der Waals surface area contributed by atoms with E-state index in [1.165, 1.54) is 0 Å². The molecule has 0 saturated carbocycles. The maximum atomic E-state index is 10.1. The summed E-state index contributed by atoms with van der Waals surface area (Å²) in [6.45, 7) is 0.360. The minimum atomic E-state index is -0.590. The van der Waals surface area contributed by atoms with Gasteiger partial charge in [0.25, 0.3) is 0 Å². The maximum absolute atomic E-state index is 10.1. The van der Waals surface area contributed by atoms with Crippen molar-refractivity contribution >= 4 is 11.0 Å². The summed E-state index contributed by atoms with van der Waals surface area (Å²) in [6.07, 6.45) is -0.590. The van der Waals surface area contributed by atoms with Gasteiger partial charge in [0, 0.05) is 0 Å². The normalized spacial score (nSPS) is 12.7. The van der Waals surface area contributed by atoms with Crippen LogP contribution in [0.15, 0.2) is 54.6 Å². The molecule has 1 aromatic heterocycles. The van der Waals surface area contributed by atoms with Crippen LogP contribution >= 0.6 is 0 Å². The molecule has 2 aromatic carbocycles. The number of hydrogen-bond acceptors (Lipinski definition) is 3. The van der Waals surface area contributed by atoms with E-state index in [1.54, 1.807) is 4.80 Å². The Morgan fingerprint density at radius 3 is 2.06 bits per heavy atom. The molecule has 18 heavy (non-hydrogen) atoms. The van der Waals surface area contributed by atoms with Gasteiger partial charge in [-0.1, -0.05) is 42.5 Å². The quantitative estimate of drug-likeness (QED) is 0.762. The highest BCUT2D eigenvalue weighted by molar-refractivity contribution is 5.72. The molecule has 4 heteroatoms. The molecule has 1 heterocycles. The summed E-state index contributed by atoms with van der Waals surface area (Å²) in [5.74, 6) is 0. The summed E-state index contributed by atoms with van der Waals surface area (Å²) < 4.78 is 0. The average molecular weight is 239 g/mol. The van der Waals surface area contributed by atoms with Crippen molar-refractivity contribution in [2.24, 2.45) is 0 Å². The molecule has 4 nitrogen and oxygen atoms in total. The van der Waals surface area contributed by atoms with Crippen LogP contribution < -0.4 is 0 Å². The van der Waals surface area contributed by atoms with Gasteiger partial charge < -0.3 is 5.11 Å². The molecule has 0 amide bonds. The van der Waals surface area contributed by atoms with Gasteiger partial charge in [-0.2, -0.15) is 15.0 Å². The van der Waals surface area contributed by atoms with E-state index in [2.05, 4.69) is 10.2 Å². The monoisotopic (exact) mass is 239 g/mol. The Morgan fingerprint density at radius 1 is 0.889 bits per heavy atom. The lowest BCUT2D eigenvalue weighted by Gasteiger charge is -2.09. The predicted octanol–water partition coefficient (Wildman–Crippen LogP) is 2.16. The molecule has 0 fully saturated rings. The van der Waals surface area contributed by atoms with Crippen LogP contribution in [0.5, 0.6) is 0 Å². The largest absolute Gasteiger partial charge is 0.386 e. The van der Waals surface area contributed by atoms with Crippen molar-refractivity contribution in [3.63, 3.8) is 0 Å². The molecule has 0 spiro atoms. The second kappa shape index (κ2) is 4.58. The lowest BCUT2D eigenvalue weighted by molar-refractivity contribution is 0.146. The van der Waals surface area contributed by atoms with Gasteiger partial charge in [0.1, 0.15) is 17.1 Å². The van der Waals surface area contributed by atoms with Crippen LogP contribution in [0.4, 0.5) is 0 Å². The first kappa shape index (κ1) is 10.9. The standard InChI is InChI=1S/C14H13N3O/c18-14(11-6-2-1-3-7-11)10-17-15-12-8-4-5-9-13(12)16-17/h1-9,14,18H,10H2/t14-/m0/s1. The van der Waals surface area contributed by atoms with Crippen molar-refractivity contribution in [2.75, 3.05) is 0 Å². The SMILES string of the molecule is O[C@@H](Cn1nc2ccccc2n1)c1ccccc1. The van der Waals surface area contributed by atoms with Gasteiger partial charge in [-0.05, 0) is 17.7 Å². The highest BCUT2D eigenvalue weighted by Crippen LogP contribution is 2.15. The number of fused-ring (bicyclic) bond motifs is 1. The maximum Gasteiger partial charge on any atom is 0.113 e. The molecule has 0 aliphatic heterocycles. The smallest absolute Gasteiger partial charge is 0.113 e. The zero-order valence-electron chi connectivity index (χ0n) is 9.77. The Bertz CT molecular complexity index is 615. The van der Waals surface area contributed by atoms with E-state index in [0.29, 0.717) is 6.54 Å². The molecular weight excluding hydrogens is 226 g/mol. The van der Waals surface area contributed by atoms with Gasteiger partial charge in [-0.15, -0.1) is 0 Å². The molecule has 0 aliphatic carbocycles. The molecule has 0 bridgehead atoms. The number of nitrogens with zero attached hydrogens (tertiary/aromatic N) is 3. The number of benzene rings is 2. The Kier molecular flexibility index (Phi) is 2.78. The van der Waals surface area contributed by atoms with Crippen LogP contribution in [0, 0.1) is 0 Å². The summed E-state index contributed by atoms with van der Waals surface area (Å²) in [7, 11) is 0. The number of aliphatic hydroxyl groups excluding tert-OH is 1. The first-order valence-corrected chi connectivity index (χ1v) is 5.86. The summed E-state index contributed by atoms with van der Waals surface area (Å²) in [5, 5.41) is 18.7. The summed E-state index contributed by atoms with van der Waals surface area (Å²) >= 11 is 0. The van der Waals surface area contributed by atoms with Gasteiger partial charge in [-0.3, -0.25) is 0 Å². The second-order valence-corrected chi connectivity index (χ2v) is 4.17. The third kappa shape index (κ3) is 2.10. The molecule has 0 aliphatic rings. The summed E-state index contributed by atoms with van der Waals surface area (Å²) in [6, 6.07) is 17.2. The number of rotatable bonds is 3. The van der Waals surface area contributed by atoms with E-state index in [9.17, 15) is 5.11 Å². The Labute approximate surface area is 104 Å². The van der Waals surface area contributed by atoms with Crippen molar-refractivity contribution < 1.29 is 5.11 Å².